The third-order valence-electron chi connectivity index (χ3n) is 2.57. The van der Waals surface area contributed by atoms with Gasteiger partial charge in [0, 0.05) is 0 Å². The van der Waals surface area contributed by atoms with E-state index in [-0.39, 0.29) is 10.7 Å². The van der Waals surface area contributed by atoms with E-state index < -0.39 is 20.9 Å². The fourth-order valence-electron chi connectivity index (χ4n) is 1.65. The van der Waals surface area contributed by atoms with E-state index in [1.54, 1.807) is 0 Å². The van der Waals surface area contributed by atoms with Crippen LogP contribution in [0, 0.1) is 17.0 Å². The highest BCUT2D eigenvalue weighted by Gasteiger charge is 2.13. The Labute approximate surface area is 119 Å². The number of aliphatic imine (C=N–C) groups is 1. The van der Waals surface area contributed by atoms with E-state index in [1.807, 2.05) is 0 Å². The first kappa shape index (κ1) is 14.9. The summed E-state index contributed by atoms with van der Waals surface area (Å²) in [7, 11) is -4.27. The van der Waals surface area contributed by atoms with Crippen LogP contribution in [0.2, 0.25) is 0 Å². The number of hydrogen-bond donors (Lipinski definition) is 1. The second kappa shape index (κ2) is 5.46. The lowest BCUT2D eigenvalue weighted by Crippen LogP contribution is -2.00. The minimum absolute atomic E-state index is 0.193. The van der Waals surface area contributed by atoms with Crippen LogP contribution in [0.15, 0.2) is 44.6 Å². The van der Waals surface area contributed by atoms with Gasteiger partial charge in [-0.1, -0.05) is 0 Å². The zero-order valence-electron chi connectivity index (χ0n) is 10.8. The fourth-order valence-corrected chi connectivity index (χ4v) is 2.36. The lowest BCUT2D eigenvalue weighted by molar-refractivity contribution is -0.402. The molecule has 1 aromatic carbocycles. The summed E-state index contributed by atoms with van der Waals surface area (Å²) in [6.07, 6.45) is 1.27. The summed E-state index contributed by atoms with van der Waals surface area (Å²) in [6.45, 7) is 1.51. The number of hydrogen-bond acceptors (Lipinski definition) is 6. The molecule has 0 amide bonds. The number of furan rings is 1. The van der Waals surface area contributed by atoms with Gasteiger partial charge in [0.05, 0.1) is 22.9 Å². The maximum Gasteiger partial charge on any atom is 0.433 e. The first-order valence-electron chi connectivity index (χ1n) is 5.64. The first-order chi connectivity index (χ1) is 9.77. The van der Waals surface area contributed by atoms with Crippen molar-refractivity contribution in [1.82, 2.24) is 0 Å². The van der Waals surface area contributed by atoms with Crippen molar-refractivity contribution >= 4 is 27.9 Å². The van der Waals surface area contributed by atoms with Gasteiger partial charge in [-0.15, -0.1) is 0 Å². The molecule has 0 fully saturated rings. The Kier molecular flexibility index (Phi) is 3.87. The summed E-state index contributed by atoms with van der Waals surface area (Å²) < 4.78 is 36.0. The summed E-state index contributed by atoms with van der Waals surface area (Å²) in [6, 6.07) is 6.66. The van der Waals surface area contributed by atoms with Crippen LogP contribution in [-0.2, 0) is 10.1 Å². The van der Waals surface area contributed by atoms with Gasteiger partial charge < -0.3 is 4.42 Å². The molecular weight excluding hydrogens is 300 g/mol. The molecule has 0 aliphatic rings. The van der Waals surface area contributed by atoms with Gasteiger partial charge in [0.1, 0.15) is 4.92 Å². The van der Waals surface area contributed by atoms with Crippen molar-refractivity contribution in [3.8, 4) is 0 Å². The Bertz CT molecular complexity index is 822. The molecule has 0 atom stereocenters. The Morgan fingerprint density at radius 1 is 1.33 bits per heavy atom. The molecule has 9 heteroatoms. The lowest BCUT2D eigenvalue weighted by atomic mass is 10.2. The molecule has 0 saturated carbocycles. The van der Waals surface area contributed by atoms with E-state index in [0.29, 0.717) is 11.3 Å². The predicted octanol–water partition coefficient (Wildman–Crippen LogP) is 2.49. The summed E-state index contributed by atoms with van der Waals surface area (Å²) in [5.41, 5.74) is 0.747. The molecule has 0 aliphatic heterocycles. The molecule has 8 nitrogen and oxygen atoms in total. The van der Waals surface area contributed by atoms with Gasteiger partial charge in [-0.3, -0.25) is 19.7 Å². The standard InChI is InChI=1S/C12H10N2O6S/c1-8-6-9(2-4-11(8)21(17,18)19)13-7-10-3-5-12(20-10)14(15)16/h2-7H,1H3,(H,17,18,19). The Balaban J connectivity index is 2.25. The largest absolute Gasteiger partial charge is 0.433 e. The highest BCUT2D eigenvalue weighted by Crippen LogP contribution is 2.22. The summed E-state index contributed by atoms with van der Waals surface area (Å²) in [5, 5.41) is 10.5. The minimum Gasteiger partial charge on any atom is -0.400 e. The molecule has 0 unspecified atom stereocenters. The summed E-state index contributed by atoms with van der Waals surface area (Å²) in [5.74, 6) is -0.201. The molecule has 0 spiro atoms. The molecular formula is C12H10N2O6S. The lowest BCUT2D eigenvalue weighted by Gasteiger charge is -2.02. The number of nitrogens with zero attached hydrogens (tertiary/aromatic N) is 2. The van der Waals surface area contributed by atoms with Crippen LogP contribution < -0.4 is 0 Å². The van der Waals surface area contributed by atoms with E-state index in [1.165, 1.54) is 43.5 Å². The average Bonchev–Trinajstić information content (AvgIpc) is 2.83. The third kappa shape index (κ3) is 3.52. The molecule has 0 aliphatic carbocycles. The van der Waals surface area contributed by atoms with Gasteiger partial charge >= 0.3 is 5.88 Å². The molecule has 1 aromatic heterocycles. The van der Waals surface area contributed by atoms with E-state index >= 15 is 0 Å². The van der Waals surface area contributed by atoms with Crippen molar-refractivity contribution in [2.75, 3.05) is 0 Å². The van der Waals surface area contributed by atoms with Gasteiger partial charge in [0.2, 0.25) is 0 Å². The maximum atomic E-state index is 11.0. The van der Waals surface area contributed by atoms with E-state index in [2.05, 4.69) is 4.99 Å². The van der Waals surface area contributed by atoms with Crippen molar-refractivity contribution < 1.29 is 22.3 Å². The van der Waals surface area contributed by atoms with Gasteiger partial charge in [0.15, 0.2) is 5.76 Å². The van der Waals surface area contributed by atoms with E-state index in [4.69, 9.17) is 8.97 Å². The third-order valence-corrected chi connectivity index (χ3v) is 3.58. The fraction of sp³-hybridized carbons (Fsp3) is 0.0833. The topological polar surface area (TPSA) is 123 Å². The van der Waals surface area contributed by atoms with E-state index in [9.17, 15) is 18.5 Å². The molecule has 2 aromatic rings. The van der Waals surface area contributed by atoms with Crippen molar-refractivity contribution in [2.24, 2.45) is 4.99 Å². The number of benzene rings is 1. The van der Waals surface area contributed by atoms with Gasteiger partial charge in [-0.2, -0.15) is 8.42 Å². The van der Waals surface area contributed by atoms with Crippen molar-refractivity contribution in [1.29, 1.82) is 0 Å². The Morgan fingerprint density at radius 2 is 2.05 bits per heavy atom. The molecule has 21 heavy (non-hydrogen) atoms. The SMILES string of the molecule is Cc1cc(N=Cc2ccc([N+](=O)[O-])o2)ccc1S(=O)(=O)O. The van der Waals surface area contributed by atoms with Gasteiger partial charge in [0.25, 0.3) is 10.1 Å². The minimum atomic E-state index is -4.27. The number of nitro groups is 1. The summed E-state index contributed by atoms with van der Waals surface area (Å²) in [4.78, 5) is 13.6. The molecule has 0 bridgehead atoms. The monoisotopic (exact) mass is 310 g/mol. The smallest absolute Gasteiger partial charge is 0.400 e. The Hall–Kier alpha value is -2.52. The van der Waals surface area contributed by atoms with Crippen LogP contribution in [0.3, 0.4) is 0 Å². The van der Waals surface area contributed by atoms with Crippen molar-refractivity contribution in [3.05, 3.63) is 51.8 Å². The van der Waals surface area contributed by atoms with Crippen LogP contribution >= 0.6 is 0 Å². The molecule has 110 valence electrons. The number of aryl methyl sites for hydroxylation is 1. The quantitative estimate of drug-likeness (QED) is 0.400. The second-order valence-corrected chi connectivity index (χ2v) is 5.51. The number of rotatable bonds is 4. The van der Waals surface area contributed by atoms with Crippen LogP contribution in [0.5, 0.6) is 0 Å². The molecule has 1 heterocycles. The highest BCUT2D eigenvalue weighted by molar-refractivity contribution is 7.85. The van der Waals surface area contributed by atoms with Gasteiger partial charge in [-0.25, -0.2) is 0 Å². The molecule has 1 N–H and O–H groups in total. The van der Waals surface area contributed by atoms with Crippen LogP contribution in [0.25, 0.3) is 0 Å². The second-order valence-electron chi connectivity index (χ2n) is 4.12. The van der Waals surface area contributed by atoms with Crippen LogP contribution in [0.4, 0.5) is 11.6 Å². The summed E-state index contributed by atoms with van der Waals surface area (Å²) >= 11 is 0. The normalized spacial score (nSPS) is 11.9. The van der Waals surface area contributed by atoms with Crippen molar-refractivity contribution in [2.45, 2.75) is 11.8 Å². The van der Waals surface area contributed by atoms with E-state index in [0.717, 1.165) is 0 Å². The average molecular weight is 310 g/mol. The first-order valence-corrected chi connectivity index (χ1v) is 7.08. The highest BCUT2D eigenvalue weighted by atomic mass is 32.2. The van der Waals surface area contributed by atoms with Crippen LogP contribution in [-0.4, -0.2) is 24.1 Å². The molecule has 0 saturated heterocycles. The predicted molar refractivity (Wildman–Crippen MR) is 73.6 cm³/mol. The zero-order valence-corrected chi connectivity index (χ0v) is 11.6. The van der Waals surface area contributed by atoms with Crippen molar-refractivity contribution in [3.63, 3.8) is 0 Å². The molecule has 0 radical (unpaired) electrons. The molecule has 2 rings (SSSR count). The maximum absolute atomic E-state index is 11.0. The zero-order chi connectivity index (χ0) is 15.6. The Morgan fingerprint density at radius 3 is 2.57 bits per heavy atom. The van der Waals surface area contributed by atoms with Gasteiger partial charge in [-0.05, 0) is 36.8 Å². The van der Waals surface area contributed by atoms with Crippen LogP contribution in [0.1, 0.15) is 11.3 Å².